The number of nitrogens with zero attached hydrogens (tertiary/aromatic N) is 2. The van der Waals surface area contributed by atoms with E-state index in [-0.39, 0.29) is 12.5 Å². The molecule has 2 aromatic carbocycles. The summed E-state index contributed by atoms with van der Waals surface area (Å²) in [6.45, 7) is 2.15. The van der Waals surface area contributed by atoms with Gasteiger partial charge in [0.2, 0.25) is 5.91 Å². The van der Waals surface area contributed by atoms with E-state index in [2.05, 4.69) is 22.5 Å². The Kier molecular flexibility index (Phi) is 4.01. The molecule has 0 aliphatic rings. The molecule has 0 bridgehead atoms. The summed E-state index contributed by atoms with van der Waals surface area (Å²) in [6, 6.07) is 19.9. The van der Waals surface area contributed by atoms with Gasteiger partial charge >= 0.3 is 0 Å². The Balaban J connectivity index is 1.66. The molecule has 0 atom stereocenters. The van der Waals surface area contributed by atoms with Crippen LogP contribution in [0.3, 0.4) is 0 Å². The second-order valence-corrected chi connectivity index (χ2v) is 5.12. The summed E-state index contributed by atoms with van der Waals surface area (Å²) >= 11 is 0. The molecule has 110 valence electrons. The van der Waals surface area contributed by atoms with E-state index in [1.165, 1.54) is 0 Å². The molecule has 0 radical (unpaired) electrons. The third-order valence-corrected chi connectivity index (χ3v) is 3.50. The van der Waals surface area contributed by atoms with Crippen molar-refractivity contribution in [3.05, 3.63) is 72.6 Å². The summed E-state index contributed by atoms with van der Waals surface area (Å²) in [4.78, 5) is 12.0. The molecule has 0 aliphatic carbocycles. The topological polar surface area (TPSA) is 46.9 Å². The fraction of sp³-hybridized carbons (Fsp3) is 0.111. The molecule has 22 heavy (non-hydrogen) atoms. The van der Waals surface area contributed by atoms with Crippen LogP contribution in [0.4, 0.5) is 5.69 Å². The molecular weight excluding hydrogens is 274 g/mol. The van der Waals surface area contributed by atoms with E-state index in [1.54, 1.807) is 10.9 Å². The van der Waals surface area contributed by atoms with Crippen molar-refractivity contribution in [1.82, 2.24) is 9.78 Å². The van der Waals surface area contributed by atoms with E-state index >= 15 is 0 Å². The number of rotatable bonds is 4. The number of carbonyl (C=O) groups excluding carboxylic acids is 1. The highest BCUT2D eigenvalue weighted by atomic mass is 16.2. The minimum absolute atomic E-state index is 0.0840. The Bertz CT molecular complexity index is 761. The summed E-state index contributed by atoms with van der Waals surface area (Å²) in [5, 5.41) is 6.99. The SMILES string of the molecule is Cc1ccnn1CC(=O)Nc1ccc(-c2ccccc2)cc1. The fourth-order valence-electron chi connectivity index (χ4n) is 2.28. The second-order valence-electron chi connectivity index (χ2n) is 5.12. The Morgan fingerprint density at radius 1 is 1.00 bits per heavy atom. The summed E-state index contributed by atoms with van der Waals surface area (Å²) in [6.07, 6.45) is 1.69. The zero-order valence-corrected chi connectivity index (χ0v) is 12.4. The number of carbonyl (C=O) groups is 1. The minimum atomic E-state index is -0.0840. The first-order valence-electron chi connectivity index (χ1n) is 7.16. The van der Waals surface area contributed by atoms with Crippen molar-refractivity contribution >= 4 is 11.6 Å². The lowest BCUT2D eigenvalue weighted by Crippen LogP contribution is -2.20. The van der Waals surface area contributed by atoms with Crippen molar-refractivity contribution in [3.8, 4) is 11.1 Å². The van der Waals surface area contributed by atoms with Crippen molar-refractivity contribution in [2.24, 2.45) is 0 Å². The van der Waals surface area contributed by atoms with E-state index in [0.29, 0.717) is 0 Å². The Hall–Kier alpha value is -2.88. The maximum Gasteiger partial charge on any atom is 0.246 e. The second kappa shape index (κ2) is 6.26. The molecule has 0 saturated carbocycles. The average Bonchev–Trinajstić information content (AvgIpc) is 2.94. The molecule has 4 nitrogen and oxygen atoms in total. The summed E-state index contributed by atoms with van der Waals surface area (Å²) in [7, 11) is 0. The largest absolute Gasteiger partial charge is 0.324 e. The van der Waals surface area contributed by atoms with Gasteiger partial charge in [0.05, 0.1) is 0 Å². The van der Waals surface area contributed by atoms with Gasteiger partial charge in [0.25, 0.3) is 0 Å². The predicted molar refractivity (Wildman–Crippen MR) is 87.5 cm³/mol. The highest BCUT2D eigenvalue weighted by Gasteiger charge is 2.06. The minimum Gasteiger partial charge on any atom is -0.324 e. The van der Waals surface area contributed by atoms with Crippen molar-refractivity contribution in [2.75, 3.05) is 5.32 Å². The smallest absolute Gasteiger partial charge is 0.246 e. The van der Waals surface area contributed by atoms with Crippen molar-refractivity contribution in [1.29, 1.82) is 0 Å². The number of amides is 1. The van der Waals surface area contributed by atoms with E-state index in [4.69, 9.17) is 0 Å². The average molecular weight is 291 g/mol. The molecule has 1 N–H and O–H groups in total. The van der Waals surface area contributed by atoms with E-state index in [0.717, 1.165) is 22.5 Å². The molecule has 0 unspecified atom stereocenters. The zero-order chi connectivity index (χ0) is 15.4. The van der Waals surface area contributed by atoms with Gasteiger partial charge < -0.3 is 5.32 Å². The van der Waals surface area contributed by atoms with Crippen LogP contribution in [0.2, 0.25) is 0 Å². The maximum atomic E-state index is 12.0. The van der Waals surface area contributed by atoms with Gasteiger partial charge in [0.1, 0.15) is 6.54 Å². The van der Waals surface area contributed by atoms with Gasteiger partial charge in [0.15, 0.2) is 0 Å². The Morgan fingerprint density at radius 3 is 2.32 bits per heavy atom. The van der Waals surface area contributed by atoms with Crippen LogP contribution in [0.25, 0.3) is 11.1 Å². The van der Waals surface area contributed by atoms with Gasteiger partial charge in [-0.25, -0.2) is 0 Å². The molecule has 1 aromatic heterocycles. The van der Waals surface area contributed by atoms with Crippen LogP contribution in [0.15, 0.2) is 66.9 Å². The highest BCUT2D eigenvalue weighted by Crippen LogP contribution is 2.20. The van der Waals surface area contributed by atoms with E-state index in [9.17, 15) is 4.79 Å². The van der Waals surface area contributed by atoms with Crippen LogP contribution in [0.5, 0.6) is 0 Å². The van der Waals surface area contributed by atoms with Crippen LogP contribution in [-0.2, 0) is 11.3 Å². The third kappa shape index (κ3) is 3.23. The van der Waals surface area contributed by atoms with E-state index in [1.807, 2.05) is 55.5 Å². The highest BCUT2D eigenvalue weighted by molar-refractivity contribution is 5.90. The first-order chi connectivity index (χ1) is 10.7. The maximum absolute atomic E-state index is 12.0. The molecule has 3 rings (SSSR count). The molecular formula is C18H17N3O. The zero-order valence-electron chi connectivity index (χ0n) is 12.4. The lowest BCUT2D eigenvalue weighted by Gasteiger charge is -2.08. The number of hydrogen-bond donors (Lipinski definition) is 1. The normalized spacial score (nSPS) is 10.4. The lowest BCUT2D eigenvalue weighted by molar-refractivity contribution is -0.116. The molecule has 3 aromatic rings. The number of aryl methyl sites for hydroxylation is 1. The van der Waals surface area contributed by atoms with Crippen LogP contribution >= 0.6 is 0 Å². The predicted octanol–water partition coefficient (Wildman–Crippen LogP) is 3.50. The molecule has 0 aliphatic heterocycles. The number of aromatic nitrogens is 2. The Labute approximate surface area is 129 Å². The molecule has 1 heterocycles. The first-order valence-corrected chi connectivity index (χ1v) is 7.16. The molecule has 1 amide bonds. The van der Waals surface area contributed by atoms with Crippen molar-refractivity contribution in [3.63, 3.8) is 0 Å². The van der Waals surface area contributed by atoms with Gasteiger partial charge in [0, 0.05) is 17.6 Å². The monoisotopic (exact) mass is 291 g/mol. The van der Waals surface area contributed by atoms with Gasteiger partial charge in [-0.05, 0) is 36.2 Å². The molecule has 0 saturated heterocycles. The van der Waals surface area contributed by atoms with Crippen molar-refractivity contribution in [2.45, 2.75) is 13.5 Å². The van der Waals surface area contributed by atoms with Gasteiger partial charge in [-0.3, -0.25) is 9.48 Å². The molecule has 4 heteroatoms. The first kappa shape index (κ1) is 14.1. The van der Waals surface area contributed by atoms with Gasteiger partial charge in [-0.1, -0.05) is 42.5 Å². The van der Waals surface area contributed by atoms with Crippen LogP contribution in [0.1, 0.15) is 5.69 Å². The van der Waals surface area contributed by atoms with Gasteiger partial charge in [-0.2, -0.15) is 5.10 Å². The fourth-order valence-corrected chi connectivity index (χ4v) is 2.28. The quantitative estimate of drug-likeness (QED) is 0.799. The number of anilines is 1. The summed E-state index contributed by atoms with van der Waals surface area (Å²) in [5.41, 5.74) is 4.04. The summed E-state index contributed by atoms with van der Waals surface area (Å²) < 4.78 is 1.67. The molecule has 0 fully saturated rings. The molecule has 0 spiro atoms. The van der Waals surface area contributed by atoms with Crippen LogP contribution in [0, 0.1) is 6.92 Å². The number of nitrogens with one attached hydrogen (secondary N) is 1. The number of hydrogen-bond acceptors (Lipinski definition) is 2. The van der Waals surface area contributed by atoms with E-state index < -0.39 is 0 Å². The van der Waals surface area contributed by atoms with Crippen molar-refractivity contribution < 1.29 is 4.79 Å². The van der Waals surface area contributed by atoms with Crippen LogP contribution in [-0.4, -0.2) is 15.7 Å². The summed E-state index contributed by atoms with van der Waals surface area (Å²) in [5.74, 6) is -0.0840. The standard InChI is InChI=1S/C18H17N3O/c1-14-11-12-19-21(14)13-18(22)20-17-9-7-16(8-10-17)15-5-3-2-4-6-15/h2-12H,13H2,1H3,(H,20,22). The third-order valence-electron chi connectivity index (χ3n) is 3.50. The Morgan fingerprint density at radius 2 is 1.68 bits per heavy atom. The van der Waals surface area contributed by atoms with Gasteiger partial charge in [-0.15, -0.1) is 0 Å². The lowest BCUT2D eigenvalue weighted by atomic mass is 10.1. The number of benzene rings is 2. The van der Waals surface area contributed by atoms with Crippen LogP contribution < -0.4 is 5.32 Å².